The summed E-state index contributed by atoms with van der Waals surface area (Å²) >= 11 is 0. The predicted octanol–water partition coefficient (Wildman–Crippen LogP) is 0.258. The first kappa shape index (κ1) is 14.6. The van der Waals surface area contributed by atoms with Crippen LogP contribution in [0.5, 0.6) is 0 Å². The molecule has 0 atom stereocenters. The van der Waals surface area contributed by atoms with Gasteiger partial charge < -0.3 is 16.2 Å². The highest BCUT2D eigenvalue weighted by Gasteiger charge is 2.16. The van der Waals surface area contributed by atoms with Crippen molar-refractivity contribution in [3.63, 3.8) is 0 Å². The van der Waals surface area contributed by atoms with Gasteiger partial charge in [0.25, 0.3) is 5.69 Å². The first-order valence-electron chi connectivity index (χ1n) is 5.41. The lowest BCUT2D eigenvalue weighted by molar-refractivity contribution is -0.385. The van der Waals surface area contributed by atoms with Crippen LogP contribution in [-0.4, -0.2) is 28.5 Å². The smallest absolute Gasteiger partial charge is 0.304 e. The molecule has 4 N–H and O–H groups in total. The zero-order valence-corrected chi connectivity index (χ0v) is 9.96. The Morgan fingerprint density at radius 3 is 2.63 bits per heavy atom. The fourth-order valence-electron chi connectivity index (χ4n) is 1.45. The van der Waals surface area contributed by atoms with Crippen LogP contribution in [0.3, 0.4) is 0 Å². The Morgan fingerprint density at radius 2 is 2.11 bits per heavy atom. The Hall–Kier alpha value is -2.48. The van der Waals surface area contributed by atoms with Crippen molar-refractivity contribution in [3.05, 3.63) is 39.4 Å². The van der Waals surface area contributed by atoms with Gasteiger partial charge >= 0.3 is 5.97 Å². The van der Waals surface area contributed by atoms with E-state index in [4.69, 9.17) is 10.8 Å². The molecule has 1 aromatic rings. The maximum Gasteiger partial charge on any atom is 0.304 e. The SMILES string of the molecule is NC(=O)c1ccc(CNCCC(=O)O)c([N+](=O)[O-])c1. The summed E-state index contributed by atoms with van der Waals surface area (Å²) in [5.41, 5.74) is 5.24. The van der Waals surface area contributed by atoms with Crippen molar-refractivity contribution in [1.82, 2.24) is 5.32 Å². The molecule has 8 heteroatoms. The summed E-state index contributed by atoms with van der Waals surface area (Å²) in [5.74, 6) is -1.69. The summed E-state index contributed by atoms with van der Waals surface area (Å²) in [6, 6.07) is 3.92. The molecule has 1 rings (SSSR count). The van der Waals surface area contributed by atoms with E-state index in [0.717, 1.165) is 6.07 Å². The number of aliphatic carboxylic acids is 1. The fraction of sp³-hybridized carbons (Fsp3) is 0.273. The first-order chi connectivity index (χ1) is 8.91. The van der Waals surface area contributed by atoms with Gasteiger partial charge in [0.1, 0.15) is 0 Å². The number of nitro groups is 1. The molecule has 0 aliphatic heterocycles. The Bertz CT molecular complexity index is 515. The number of amides is 1. The van der Waals surface area contributed by atoms with Gasteiger partial charge in [-0.2, -0.15) is 0 Å². The fourth-order valence-corrected chi connectivity index (χ4v) is 1.45. The van der Waals surface area contributed by atoms with Crippen molar-refractivity contribution in [3.8, 4) is 0 Å². The number of hydrogen-bond donors (Lipinski definition) is 3. The van der Waals surface area contributed by atoms with Gasteiger partial charge in [-0.1, -0.05) is 6.07 Å². The van der Waals surface area contributed by atoms with Crippen LogP contribution in [0, 0.1) is 10.1 Å². The number of carbonyl (C=O) groups is 2. The second-order valence-corrected chi connectivity index (χ2v) is 3.79. The van der Waals surface area contributed by atoms with Gasteiger partial charge in [0, 0.05) is 30.3 Å². The lowest BCUT2D eigenvalue weighted by Crippen LogP contribution is -2.19. The Labute approximate surface area is 108 Å². The highest BCUT2D eigenvalue weighted by molar-refractivity contribution is 5.93. The Kier molecular flexibility index (Phi) is 4.95. The average molecular weight is 267 g/mol. The van der Waals surface area contributed by atoms with E-state index in [9.17, 15) is 19.7 Å². The van der Waals surface area contributed by atoms with Gasteiger partial charge in [0.05, 0.1) is 11.3 Å². The normalized spacial score (nSPS) is 10.1. The number of primary amides is 1. The molecule has 19 heavy (non-hydrogen) atoms. The van der Waals surface area contributed by atoms with Crippen LogP contribution in [0.1, 0.15) is 22.3 Å². The number of nitrogens with zero attached hydrogens (tertiary/aromatic N) is 1. The van der Waals surface area contributed by atoms with Crippen molar-refractivity contribution in [2.45, 2.75) is 13.0 Å². The van der Waals surface area contributed by atoms with Gasteiger partial charge in [-0.05, 0) is 6.07 Å². The summed E-state index contributed by atoms with van der Waals surface area (Å²) in [4.78, 5) is 31.5. The molecule has 0 heterocycles. The van der Waals surface area contributed by atoms with Gasteiger partial charge in [-0.3, -0.25) is 19.7 Å². The summed E-state index contributed by atoms with van der Waals surface area (Å²) in [6.45, 7) is 0.340. The standard InChI is InChI=1S/C11H13N3O5/c12-11(17)7-1-2-8(9(5-7)14(18)19)6-13-4-3-10(15)16/h1-2,5,13H,3-4,6H2,(H2,12,17)(H,15,16). The summed E-state index contributed by atoms with van der Waals surface area (Å²) < 4.78 is 0. The zero-order valence-electron chi connectivity index (χ0n) is 9.96. The van der Waals surface area contributed by atoms with Crippen molar-refractivity contribution >= 4 is 17.6 Å². The molecule has 0 aliphatic carbocycles. The van der Waals surface area contributed by atoms with E-state index >= 15 is 0 Å². The van der Waals surface area contributed by atoms with Crippen LogP contribution in [-0.2, 0) is 11.3 Å². The quantitative estimate of drug-likeness (QED) is 0.368. The number of carboxylic acid groups (broad SMARTS) is 1. The molecular formula is C11H13N3O5. The van der Waals surface area contributed by atoms with Gasteiger partial charge in [0.15, 0.2) is 0 Å². The van der Waals surface area contributed by atoms with Crippen molar-refractivity contribution in [2.24, 2.45) is 5.73 Å². The Morgan fingerprint density at radius 1 is 1.42 bits per heavy atom. The number of nitrogens with two attached hydrogens (primary N) is 1. The van der Waals surface area contributed by atoms with Crippen molar-refractivity contribution in [1.29, 1.82) is 0 Å². The second kappa shape index (κ2) is 6.45. The molecule has 0 bridgehead atoms. The average Bonchev–Trinajstić information content (AvgIpc) is 2.34. The number of nitro benzene ring substituents is 1. The van der Waals surface area contributed by atoms with Gasteiger partial charge in [-0.15, -0.1) is 0 Å². The molecule has 0 aliphatic rings. The minimum absolute atomic E-state index is 0.0565. The molecule has 0 spiro atoms. The molecule has 8 nitrogen and oxygen atoms in total. The minimum atomic E-state index is -0.953. The molecule has 1 aromatic carbocycles. The van der Waals surface area contributed by atoms with E-state index in [1.165, 1.54) is 12.1 Å². The number of hydrogen-bond acceptors (Lipinski definition) is 5. The molecule has 0 aromatic heterocycles. The maximum absolute atomic E-state index is 10.9. The Balaban J connectivity index is 2.79. The number of carbonyl (C=O) groups excluding carboxylic acids is 1. The minimum Gasteiger partial charge on any atom is -0.481 e. The topological polar surface area (TPSA) is 136 Å². The molecule has 0 saturated carbocycles. The third-order valence-corrected chi connectivity index (χ3v) is 2.40. The monoisotopic (exact) mass is 267 g/mol. The van der Waals surface area contributed by atoms with Crippen LogP contribution in [0.25, 0.3) is 0 Å². The third-order valence-electron chi connectivity index (χ3n) is 2.40. The second-order valence-electron chi connectivity index (χ2n) is 3.79. The maximum atomic E-state index is 10.9. The van der Waals surface area contributed by atoms with Crippen LogP contribution in [0.15, 0.2) is 18.2 Å². The lowest BCUT2D eigenvalue weighted by atomic mass is 10.1. The molecule has 0 fully saturated rings. The van der Waals surface area contributed by atoms with Gasteiger partial charge in [0.2, 0.25) is 5.91 Å². The molecule has 102 valence electrons. The van der Waals surface area contributed by atoms with E-state index in [0.29, 0.717) is 5.56 Å². The van der Waals surface area contributed by atoms with Crippen LogP contribution in [0.2, 0.25) is 0 Å². The lowest BCUT2D eigenvalue weighted by Gasteiger charge is -2.05. The van der Waals surface area contributed by atoms with E-state index in [-0.39, 0.29) is 30.8 Å². The van der Waals surface area contributed by atoms with Crippen molar-refractivity contribution in [2.75, 3.05) is 6.54 Å². The number of benzene rings is 1. The number of rotatable bonds is 7. The molecule has 1 amide bonds. The predicted molar refractivity (Wildman–Crippen MR) is 65.6 cm³/mol. The van der Waals surface area contributed by atoms with E-state index in [1.54, 1.807) is 0 Å². The highest BCUT2D eigenvalue weighted by Crippen LogP contribution is 2.20. The molecule has 0 unspecified atom stereocenters. The first-order valence-corrected chi connectivity index (χ1v) is 5.41. The molecule has 0 saturated heterocycles. The largest absolute Gasteiger partial charge is 0.481 e. The van der Waals surface area contributed by atoms with E-state index < -0.39 is 16.8 Å². The third kappa shape index (κ3) is 4.36. The molecular weight excluding hydrogens is 254 g/mol. The number of carboxylic acids is 1. The van der Waals surface area contributed by atoms with E-state index in [1.807, 2.05) is 0 Å². The highest BCUT2D eigenvalue weighted by atomic mass is 16.6. The molecule has 0 radical (unpaired) electrons. The van der Waals surface area contributed by atoms with Crippen LogP contribution < -0.4 is 11.1 Å². The summed E-state index contributed by atoms with van der Waals surface area (Å²) in [5, 5.41) is 22.1. The van der Waals surface area contributed by atoms with Gasteiger partial charge in [-0.25, -0.2) is 0 Å². The summed E-state index contributed by atoms with van der Waals surface area (Å²) in [7, 11) is 0. The number of nitrogens with one attached hydrogen (secondary N) is 1. The summed E-state index contributed by atoms with van der Waals surface area (Å²) in [6.07, 6.45) is -0.0762. The zero-order chi connectivity index (χ0) is 14.4. The van der Waals surface area contributed by atoms with Crippen molar-refractivity contribution < 1.29 is 19.6 Å². The van der Waals surface area contributed by atoms with E-state index in [2.05, 4.69) is 5.32 Å². The van der Waals surface area contributed by atoms with Crippen LogP contribution in [0.4, 0.5) is 5.69 Å². The van der Waals surface area contributed by atoms with Crippen LogP contribution >= 0.6 is 0 Å².